The van der Waals surface area contributed by atoms with E-state index >= 15 is 0 Å². The molecule has 0 aliphatic heterocycles. The summed E-state index contributed by atoms with van der Waals surface area (Å²) in [6.45, 7) is 3.01. The molecule has 0 unspecified atom stereocenters. The molecule has 120 valence electrons. The van der Waals surface area contributed by atoms with E-state index in [4.69, 9.17) is 0 Å². The summed E-state index contributed by atoms with van der Waals surface area (Å²) in [6, 6.07) is 11.9. The maximum absolute atomic E-state index is 11.7. The third kappa shape index (κ3) is 4.53. The first-order valence-electron chi connectivity index (χ1n) is 7.06. The predicted octanol–water partition coefficient (Wildman–Crippen LogP) is 3.72. The van der Waals surface area contributed by atoms with Crippen LogP contribution in [0.5, 0.6) is 0 Å². The second-order valence-corrected chi connectivity index (χ2v) is 5.69. The van der Waals surface area contributed by atoms with E-state index in [1.54, 1.807) is 18.2 Å². The minimum Gasteiger partial charge on any atom is -0.380 e. The number of carbonyl (C=O) groups is 1. The number of non-ortho nitro benzene ring substituents is 1. The van der Waals surface area contributed by atoms with Crippen LogP contribution in [0, 0.1) is 10.1 Å². The molecule has 2 aromatic carbocycles. The van der Waals surface area contributed by atoms with Gasteiger partial charge in [0.15, 0.2) is 0 Å². The summed E-state index contributed by atoms with van der Waals surface area (Å²) in [5.41, 5.74) is 2.42. The van der Waals surface area contributed by atoms with Gasteiger partial charge in [0.1, 0.15) is 0 Å². The summed E-state index contributed by atoms with van der Waals surface area (Å²) in [7, 11) is 0. The molecule has 2 N–H and O–H groups in total. The molecule has 0 saturated heterocycles. The lowest BCUT2D eigenvalue weighted by Gasteiger charge is -2.09. The number of carbonyl (C=O) groups excluding carboxylic acids is 1. The Morgan fingerprint density at radius 2 is 1.91 bits per heavy atom. The number of nitrogens with zero attached hydrogens (tertiary/aromatic N) is 1. The Morgan fingerprint density at radius 1 is 1.22 bits per heavy atom. The number of nitro groups is 1. The Hall–Kier alpha value is -2.41. The van der Waals surface area contributed by atoms with Crippen LogP contribution in [-0.4, -0.2) is 17.4 Å². The van der Waals surface area contributed by atoms with Crippen molar-refractivity contribution < 1.29 is 9.72 Å². The lowest BCUT2D eigenvalue weighted by molar-refractivity contribution is -0.384. The highest BCUT2D eigenvalue weighted by Gasteiger charge is 2.09. The van der Waals surface area contributed by atoms with E-state index in [0.29, 0.717) is 23.1 Å². The smallest absolute Gasteiger partial charge is 0.270 e. The van der Waals surface area contributed by atoms with Crippen molar-refractivity contribution in [2.75, 3.05) is 11.9 Å². The monoisotopic (exact) mass is 377 g/mol. The Bertz CT molecular complexity index is 717. The second-order valence-electron chi connectivity index (χ2n) is 4.83. The van der Waals surface area contributed by atoms with Crippen LogP contribution in [0.1, 0.15) is 22.8 Å². The molecular weight excluding hydrogens is 362 g/mol. The van der Waals surface area contributed by atoms with Gasteiger partial charge in [0.05, 0.1) is 4.92 Å². The van der Waals surface area contributed by atoms with Crippen molar-refractivity contribution in [2.45, 2.75) is 13.5 Å². The summed E-state index contributed by atoms with van der Waals surface area (Å²) in [6.07, 6.45) is 0. The molecule has 0 aliphatic rings. The maximum Gasteiger partial charge on any atom is 0.270 e. The van der Waals surface area contributed by atoms with E-state index < -0.39 is 4.92 Å². The van der Waals surface area contributed by atoms with Crippen molar-refractivity contribution in [1.29, 1.82) is 0 Å². The maximum atomic E-state index is 11.7. The Balaban J connectivity index is 2.01. The van der Waals surface area contributed by atoms with Gasteiger partial charge in [-0.25, -0.2) is 0 Å². The Morgan fingerprint density at radius 3 is 2.48 bits per heavy atom. The minimum atomic E-state index is -0.436. The number of nitro benzene ring substituents is 1. The first-order valence-corrected chi connectivity index (χ1v) is 7.85. The van der Waals surface area contributed by atoms with Crippen molar-refractivity contribution >= 4 is 33.2 Å². The number of amides is 1. The van der Waals surface area contributed by atoms with Crippen LogP contribution in [0.25, 0.3) is 0 Å². The first-order chi connectivity index (χ1) is 11.0. The van der Waals surface area contributed by atoms with Crippen LogP contribution >= 0.6 is 15.9 Å². The standard InChI is InChI=1S/C16H16BrN3O3/c1-2-18-16(21)12-5-3-11(4-6-12)10-19-15-8-7-13(20(22)23)9-14(15)17/h3-9,19H,2,10H2,1H3,(H,18,21). The number of benzene rings is 2. The molecule has 0 heterocycles. The molecule has 1 amide bonds. The van der Waals surface area contributed by atoms with E-state index in [1.807, 2.05) is 19.1 Å². The van der Waals surface area contributed by atoms with Gasteiger partial charge in [-0.1, -0.05) is 12.1 Å². The number of halogens is 1. The summed E-state index contributed by atoms with van der Waals surface area (Å²) in [5.74, 6) is -0.0925. The molecule has 2 aromatic rings. The van der Waals surface area contributed by atoms with Crippen molar-refractivity contribution in [3.8, 4) is 0 Å². The van der Waals surface area contributed by atoms with Crippen LogP contribution in [0.3, 0.4) is 0 Å². The third-order valence-corrected chi connectivity index (χ3v) is 3.86. The zero-order valence-electron chi connectivity index (χ0n) is 12.5. The van der Waals surface area contributed by atoms with E-state index in [2.05, 4.69) is 26.6 Å². The van der Waals surface area contributed by atoms with Gasteiger partial charge in [0.25, 0.3) is 11.6 Å². The van der Waals surface area contributed by atoms with Crippen LogP contribution in [0.4, 0.5) is 11.4 Å². The molecule has 6 nitrogen and oxygen atoms in total. The van der Waals surface area contributed by atoms with E-state index in [0.717, 1.165) is 11.3 Å². The van der Waals surface area contributed by atoms with Gasteiger partial charge in [0, 0.05) is 40.9 Å². The molecule has 0 aliphatic carbocycles. The average molecular weight is 378 g/mol. The molecule has 0 saturated carbocycles. The largest absolute Gasteiger partial charge is 0.380 e. The van der Waals surface area contributed by atoms with Gasteiger partial charge in [-0.2, -0.15) is 0 Å². The average Bonchev–Trinajstić information content (AvgIpc) is 2.54. The SMILES string of the molecule is CCNC(=O)c1ccc(CNc2ccc([N+](=O)[O-])cc2Br)cc1. The molecule has 0 aromatic heterocycles. The molecule has 2 rings (SSSR count). The van der Waals surface area contributed by atoms with E-state index in [9.17, 15) is 14.9 Å². The Labute approximate surface area is 142 Å². The predicted molar refractivity (Wildman–Crippen MR) is 92.6 cm³/mol. The lowest BCUT2D eigenvalue weighted by atomic mass is 10.1. The van der Waals surface area contributed by atoms with E-state index in [-0.39, 0.29) is 11.6 Å². The fourth-order valence-electron chi connectivity index (χ4n) is 1.99. The summed E-state index contributed by atoms with van der Waals surface area (Å²) < 4.78 is 0.630. The fourth-order valence-corrected chi connectivity index (χ4v) is 2.50. The normalized spacial score (nSPS) is 10.2. The quantitative estimate of drug-likeness (QED) is 0.593. The molecule has 0 spiro atoms. The van der Waals surface area contributed by atoms with Gasteiger partial charge < -0.3 is 10.6 Å². The number of anilines is 1. The minimum absolute atomic E-state index is 0.0358. The molecule has 0 fully saturated rings. The fraction of sp³-hybridized carbons (Fsp3) is 0.188. The van der Waals surface area contributed by atoms with Crippen LogP contribution < -0.4 is 10.6 Å². The summed E-state index contributed by atoms with van der Waals surface area (Å²) in [5, 5.41) is 16.7. The lowest BCUT2D eigenvalue weighted by Crippen LogP contribution is -2.22. The molecule has 23 heavy (non-hydrogen) atoms. The second kappa shape index (κ2) is 7.73. The number of hydrogen-bond donors (Lipinski definition) is 2. The highest BCUT2D eigenvalue weighted by molar-refractivity contribution is 9.10. The number of hydrogen-bond acceptors (Lipinski definition) is 4. The molecule has 7 heteroatoms. The zero-order chi connectivity index (χ0) is 16.8. The Kier molecular flexibility index (Phi) is 5.70. The van der Waals surface area contributed by atoms with Gasteiger partial charge in [-0.05, 0) is 46.6 Å². The van der Waals surface area contributed by atoms with Crippen LogP contribution in [0.2, 0.25) is 0 Å². The van der Waals surface area contributed by atoms with Gasteiger partial charge in [-0.15, -0.1) is 0 Å². The van der Waals surface area contributed by atoms with Gasteiger partial charge in [0.2, 0.25) is 0 Å². The van der Waals surface area contributed by atoms with Crippen molar-refractivity contribution in [3.63, 3.8) is 0 Å². The zero-order valence-corrected chi connectivity index (χ0v) is 14.1. The van der Waals surface area contributed by atoms with Gasteiger partial charge in [-0.3, -0.25) is 14.9 Å². The molecule has 0 atom stereocenters. The molecular formula is C16H16BrN3O3. The van der Waals surface area contributed by atoms with Crippen molar-refractivity contribution in [1.82, 2.24) is 5.32 Å². The topological polar surface area (TPSA) is 84.3 Å². The highest BCUT2D eigenvalue weighted by Crippen LogP contribution is 2.27. The highest BCUT2D eigenvalue weighted by atomic mass is 79.9. The number of nitrogens with one attached hydrogen (secondary N) is 2. The summed E-state index contributed by atoms with van der Waals surface area (Å²) in [4.78, 5) is 22.0. The third-order valence-electron chi connectivity index (χ3n) is 3.20. The van der Waals surface area contributed by atoms with Crippen LogP contribution in [-0.2, 0) is 6.54 Å². The van der Waals surface area contributed by atoms with Gasteiger partial charge >= 0.3 is 0 Å². The first kappa shape index (κ1) is 17.0. The van der Waals surface area contributed by atoms with Crippen molar-refractivity contribution in [3.05, 3.63) is 68.2 Å². The van der Waals surface area contributed by atoms with Crippen LogP contribution in [0.15, 0.2) is 46.9 Å². The summed E-state index contributed by atoms with van der Waals surface area (Å²) >= 11 is 3.32. The number of rotatable bonds is 6. The van der Waals surface area contributed by atoms with E-state index in [1.165, 1.54) is 12.1 Å². The van der Waals surface area contributed by atoms with Crippen molar-refractivity contribution in [2.24, 2.45) is 0 Å². The molecule has 0 bridgehead atoms. The molecule has 0 radical (unpaired) electrons.